The van der Waals surface area contributed by atoms with Crippen molar-refractivity contribution in [2.75, 3.05) is 26.2 Å². The number of primary amides is 1. The zero-order chi connectivity index (χ0) is 17.8. The van der Waals surface area contributed by atoms with Crippen molar-refractivity contribution in [3.05, 3.63) is 29.8 Å². The fraction of sp³-hybridized carbons (Fsp3) is 0.579. The Bertz CT molecular complexity index is 626. The summed E-state index contributed by atoms with van der Waals surface area (Å²) in [6.07, 6.45) is 3.66. The molecule has 6 heteroatoms. The van der Waals surface area contributed by atoms with Gasteiger partial charge >= 0.3 is 0 Å². The second kappa shape index (κ2) is 7.87. The molecule has 2 aliphatic heterocycles. The van der Waals surface area contributed by atoms with Gasteiger partial charge in [0.15, 0.2) is 6.61 Å². The summed E-state index contributed by atoms with van der Waals surface area (Å²) in [7, 11) is 0. The minimum absolute atomic E-state index is 0.0211. The van der Waals surface area contributed by atoms with Gasteiger partial charge in [-0.3, -0.25) is 14.5 Å². The molecule has 0 radical (unpaired) electrons. The molecule has 25 heavy (non-hydrogen) atoms. The molecule has 2 N–H and O–H groups in total. The number of carbonyl (C=O) groups is 2. The normalized spacial score (nSPS) is 22.1. The zero-order valence-electron chi connectivity index (χ0n) is 14.8. The van der Waals surface area contributed by atoms with Crippen molar-refractivity contribution >= 4 is 11.8 Å². The number of amides is 2. The average molecular weight is 345 g/mol. The molecule has 2 saturated heterocycles. The number of rotatable bonds is 5. The number of ether oxygens (including phenoxy) is 1. The van der Waals surface area contributed by atoms with Crippen LogP contribution in [0.2, 0.25) is 0 Å². The van der Waals surface area contributed by atoms with E-state index in [2.05, 4.69) is 4.90 Å². The van der Waals surface area contributed by atoms with E-state index in [9.17, 15) is 9.59 Å². The van der Waals surface area contributed by atoms with Crippen molar-refractivity contribution in [1.82, 2.24) is 9.80 Å². The van der Waals surface area contributed by atoms with Crippen LogP contribution in [-0.4, -0.2) is 59.9 Å². The van der Waals surface area contributed by atoms with Crippen LogP contribution in [0.25, 0.3) is 0 Å². The molecule has 6 nitrogen and oxygen atoms in total. The highest BCUT2D eigenvalue weighted by Crippen LogP contribution is 2.26. The van der Waals surface area contributed by atoms with Crippen molar-refractivity contribution < 1.29 is 14.3 Å². The lowest BCUT2D eigenvalue weighted by molar-refractivity contribution is -0.135. The highest BCUT2D eigenvalue weighted by molar-refractivity contribution is 5.80. The smallest absolute Gasteiger partial charge is 0.260 e. The summed E-state index contributed by atoms with van der Waals surface area (Å²) in [5.41, 5.74) is 6.63. The first kappa shape index (κ1) is 17.7. The quantitative estimate of drug-likeness (QED) is 0.873. The molecule has 1 atom stereocenters. The zero-order valence-corrected chi connectivity index (χ0v) is 14.8. The van der Waals surface area contributed by atoms with Crippen LogP contribution in [0.4, 0.5) is 0 Å². The minimum atomic E-state index is -0.220. The van der Waals surface area contributed by atoms with Crippen LogP contribution in [0.3, 0.4) is 0 Å². The van der Waals surface area contributed by atoms with Gasteiger partial charge in [-0.1, -0.05) is 12.1 Å². The molecule has 3 rings (SSSR count). The standard InChI is InChI=1S/C19H27N3O3/c1-14-4-2-5-16(12-14)25-13-18(23)21-10-7-15(8-11-21)22-9-3-6-17(22)19(20)24/h2,4-5,12,15,17H,3,6-11,13H2,1H3,(H2,20,24). The number of aryl methyl sites for hydroxylation is 1. The van der Waals surface area contributed by atoms with Gasteiger partial charge in [0.25, 0.3) is 5.91 Å². The van der Waals surface area contributed by atoms with Crippen molar-refractivity contribution in [1.29, 1.82) is 0 Å². The maximum Gasteiger partial charge on any atom is 0.260 e. The molecule has 0 bridgehead atoms. The monoisotopic (exact) mass is 345 g/mol. The average Bonchev–Trinajstić information content (AvgIpc) is 3.10. The first-order valence-electron chi connectivity index (χ1n) is 9.07. The largest absolute Gasteiger partial charge is 0.484 e. The highest BCUT2D eigenvalue weighted by Gasteiger charge is 2.36. The van der Waals surface area contributed by atoms with Gasteiger partial charge in [-0.15, -0.1) is 0 Å². The summed E-state index contributed by atoms with van der Waals surface area (Å²) >= 11 is 0. The molecule has 0 spiro atoms. The lowest BCUT2D eigenvalue weighted by Crippen LogP contribution is -2.51. The number of piperidine rings is 1. The highest BCUT2D eigenvalue weighted by atomic mass is 16.5. The van der Waals surface area contributed by atoms with Crippen LogP contribution in [0, 0.1) is 6.92 Å². The lowest BCUT2D eigenvalue weighted by Gasteiger charge is -2.38. The Morgan fingerprint density at radius 1 is 1.20 bits per heavy atom. The van der Waals surface area contributed by atoms with Gasteiger partial charge < -0.3 is 15.4 Å². The third-order valence-corrected chi connectivity index (χ3v) is 5.26. The van der Waals surface area contributed by atoms with E-state index in [0.717, 1.165) is 43.5 Å². The summed E-state index contributed by atoms with van der Waals surface area (Å²) in [6, 6.07) is 7.93. The first-order valence-corrected chi connectivity index (χ1v) is 9.07. The van der Waals surface area contributed by atoms with Crippen LogP contribution >= 0.6 is 0 Å². The van der Waals surface area contributed by atoms with Gasteiger partial charge in [0.1, 0.15) is 5.75 Å². The number of likely N-dealkylation sites (tertiary alicyclic amines) is 2. The third kappa shape index (κ3) is 4.31. The van der Waals surface area contributed by atoms with Gasteiger partial charge in [-0.25, -0.2) is 0 Å². The van der Waals surface area contributed by atoms with Gasteiger partial charge in [0.05, 0.1) is 6.04 Å². The van der Waals surface area contributed by atoms with Gasteiger partial charge in [-0.05, 0) is 56.8 Å². The minimum Gasteiger partial charge on any atom is -0.484 e. The van der Waals surface area contributed by atoms with E-state index in [0.29, 0.717) is 19.1 Å². The molecular formula is C19H27N3O3. The fourth-order valence-electron chi connectivity index (χ4n) is 3.92. The predicted molar refractivity (Wildman–Crippen MR) is 95.2 cm³/mol. The van der Waals surface area contributed by atoms with E-state index in [1.165, 1.54) is 0 Å². The second-order valence-corrected chi connectivity index (χ2v) is 7.02. The third-order valence-electron chi connectivity index (χ3n) is 5.26. The van der Waals surface area contributed by atoms with Gasteiger partial charge in [0, 0.05) is 19.1 Å². The Morgan fingerprint density at radius 2 is 1.96 bits per heavy atom. The summed E-state index contributed by atoms with van der Waals surface area (Å²) in [6.45, 7) is 4.42. The molecule has 0 aliphatic carbocycles. The van der Waals surface area contributed by atoms with E-state index >= 15 is 0 Å². The number of nitrogens with zero attached hydrogens (tertiary/aromatic N) is 2. The van der Waals surface area contributed by atoms with Gasteiger partial charge in [0.2, 0.25) is 5.91 Å². The molecule has 2 amide bonds. The molecule has 0 aromatic heterocycles. The van der Waals surface area contributed by atoms with E-state index in [1.54, 1.807) is 0 Å². The maximum absolute atomic E-state index is 12.4. The van der Waals surface area contributed by atoms with Gasteiger partial charge in [-0.2, -0.15) is 0 Å². The molecule has 136 valence electrons. The first-order chi connectivity index (χ1) is 12.0. The van der Waals surface area contributed by atoms with E-state index in [1.807, 2.05) is 36.1 Å². The van der Waals surface area contributed by atoms with Crippen molar-refractivity contribution in [2.24, 2.45) is 5.73 Å². The maximum atomic E-state index is 12.4. The molecule has 2 fully saturated rings. The summed E-state index contributed by atoms with van der Waals surface area (Å²) in [5, 5.41) is 0. The van der Waals surface area contributed by atoms with Crippen molar-refractivity contribution in [3.8, 4) is 5.75 Å². The van der Waals surface area contributed by atoms with E-state index in [-0.39, 0.29) is 24.5 Å². The summed E-state index contributed by atoms with van der Waals surface area (Å²) < 4.78 is 5.61. The molecule has 1 unspecified atom stereocenters. The van der Waals surface area contributed by atoms with Crippen LogP contribution in [0.1, 0.15) is 31.2 Å². The Kier molecular flexibility index (Phi) is 5.58. The Hall–Kier alpha value is -2.08. The molecule has 2 aliphatic rings. The Morgan fingerprint density at radius 3 is 2.64 bits per heavy atom. The summed E-state index contributed by atoms with van der Waals surface area (Å²) in [4.78, 5) is 28.0. The topological polar surface area (TPSA) is 75.9 Å². The van der Waals surface area contributed by atoms with E-state index in [4.69, 9.17) is 10.5 Å². The molecule has 2 heterocycles. The second-order valence-electron chi connectivity index (χ2n) is 7.02. The van der Waals surface area contributed by atoms with Crippen LogP contribution in [-0.2, 0) is 9.59 Å². The Balaban J connectivity index is 1.47. The fourth-order valence-corrected chi connectivity index (χ4v) is 3.92. The number of nitrogens with two attached hydrogens (primary N) is 1. The van der Waals surface area contributed by atoms with Crippen LogP contribution in [0.15, 0.2) is 24.3 Å². The van der Waals surface area contributed by atoms with Crippen molar-refractivity contribution in [3.63, 3.8) is 0 Å². The van der Waals surface area contributed by atoms with E-state index < -0.39 is 0 Å². The number of hydrogen-bond donors (Lipinski definition) is 1. The number of carbonyl (C=O) groups excluding carboxylic acids is 2. The van der Waals surface area contributed by atoms with Crippen LogP contribution < -0.4 is 10.5 Å². The molecular weight excluding hydrogens is 318 g/mol. The number of benzene rings is 1. The Labute approximate surface area is 148 Å². The molecule has 1 aromatic rings. The van der Waals surface area contributed by atoms with Crippen molar-refractivity contribution in [2.45, 2.75) is 44.7 Å². The SMILES string of the molecule is Cc1cccc(OCC(=O)N2CCC(N3CCCC3C(N)=O)CC2)c1. The molecule has 0 saturated carbocycles. The molecule has 1 aromatic carbocycles. The lowest BCUT2D eigenvalue weighted by atomic mass is 10.0. The predicted octanol–water partition coefficient (Wildman–Crippen LogP) is 1.31. The van der Waals surface area contributed by atoms with Crippen LogP contribution in [0.5, 0.6) is 5.75 Å². The number of hydrogen-bond acceptors (Lipinski definition) is 4. The summed E-state index contributed by atoms with van der Waals surface area (Å²) in [5.74, 6) is 0.528.